The van der Waals surface area contributed by atoms with Gasteiger partial charge in [-0.25, -0.2) is 0 Å². The maximum Gasteiger partial charge on any atom is 0.180 e. The molecule has 0 fully saturated rings. The van der Waals surface area contributed by atoms with E-state index in [1.807, 2.05) is 30.3 Å². The zero-order chi connectivity index (χ0) is 17.1. The van der Waals surface area contributed by atoms with Crippen LogP contribution in [0.4, 0.5) is 0 Å². The maximum atomic E-state index is 6.38. The van der Waals surface area contributed by atoms with Crippen molar-refractivity contribution in [1.82, 2.24) is 0 Å². The summed E-state index contributed by atoms with van der Waals surface area (Å²) in [5, 5.41) is 0. The Kier molecular flexibility index (Phi) is 4.14. The molecule has 0 radical (unpaired) electrons. The van der Waals surface area contributed by atoms with Crippen molar-refractivity contribution < 1.29 is 4.74 Å². The van der Waals surface area contributed by atoms with E-state index in [0.717, 1.165) is 23.1 Å². The van der Waals surface area contributed by atoms with E-state index in [1.165, 1.54) is 11.1 Å². The minimum atomic E-state index is -0.712. The summed E-state index contributed by atoms with van der Waals surface area (Å²) in [6, 6.07) is 27.1. The summed E-state index contributed by atoms with van der Waals surface area (Å²) in [7, 11) is 0. The lowest BCUT2D eigenvalue weighted by atomic mass is 9.81. The van der Waals surface area contributed by atoms with E-state index in [2.05, 4.69) is 67.3 Å². The second-order valence-corrected chi connectivity index (χ2v) is 6.42. The summed E-state index contributed by atoms with van der Waals surface area (Å²) in [6.45, 7) is 2.78. The maximum absolute atomic E-state index is 6.38. The molecular formula is C24H20O. The normalized spacial score (nSPS) is 18.8. The number of benzene rings is 3. The number of ether oxygens (including phenoxy) is 1. The van der Waals surface area contributed by atoms with Crippen LogP contribution in [0.2, 0.25) is 0 Å². The Balaban J connectivity index is 1.93. The first-order chi connectivity index (χ1) is 12.3. The molecule has 3 aromatic carbocycles. The van der Waals surface area contributed by atoms with Gasteiger partial charge in [0, 0.05) is 16.7 Å². The molecule has 1 aliphatic rings. The van der Waals surface area contributed by atoms with Gasteiger partial charge in [0.05, 0.1) is 6.61 Å². The van der Waals surface area contributed by atoms with Gasteiger partial charge in [0.1, 0.15) is 0 Å². The fourth-order valence-electron chi connectivity index (χ4n) is 3.43. The molecule has 0 saturated carbocycles. The Morgan fingerprint density at radius 1 is 0.880 bits per heavy atom. The first kappa shape index (κ1) is 15.7. The zero-order valence-electron chi connectivity index (χ0n) is 14.3. The molecule has 3 aromatic rings. The second-order valence-electron chi connectivity index (χ2n) is 6.42. The first-order valence-corrected chi connectivity index (χ1v) is 8.66. The monoisotopic (exact) mass is 324 g/mol. The molecule has 0 spiro atoms. The standard InChI is InChI=1S/C24H20O/c1-19-8-7-12-22(18-19)24(16-14-20-9-3-2-4-10-20)23-13-6-5-11-21(23)15-17-25-24/h2-13,18H,15,17H2,1H3/t24-/m0/s1. The van der Waals surface area contributed by atoms with Crippen LogP contribution < -0.4 is 0 Å². The summed E-state index contributed by atoms with van der Waals surface area (Å²) in [5.74, 6) is 6.82. The van der Waals surface area contributed by atoms with Gasteiger partial charge in [0.2, 0.25) is 0 Å². The Morgan fingerprint density at radius 3 is 2.52 bits per heavy atom. The minimum absolute atomic E-state index is 0.675. The van der Waals surface area contributed by atoms with Crippen LogP contribution in [-0.4, -0.2) is 6.61 Å². The molecule has 1 heterocycles. The van der Waals surface area contributed by atoms with Crippen molar-refractivity contribution in [2.75, 3.05) is 6.61 Å². The number of aryl methyl sites for hydroxylation is 1. The summed E-state index contributed by atoms with van der Waals surface area (Å²) in [4.78, 5) is 0. The van der Waals surface area contributed by atoms with Crippen molar-refractivity contribution >= 4 is 0 Å². The van der Waals surface area contributed by atoms with Crippen LogP contribution in [0.25, 0.3) is 0 Å². The van der Waals surface area contributed by atoms with E-state index < -0.39 is 5.60 Å². The molecule has 1 nitrogen and oxygen atoms in total. The lowest BCUT2D eigenvalue weighted by molar-refractivity contribution is 0.0160. The van der Waals surface area contributed by atoms with Crippen molar-refractivity contribution in [3.63, 3.8) is 0 Å². The van der Waals surface area contributed by atoms with Crippen LogP contribution in [0.15, 0.2) is 78.9 Å². The number of hydrogen-bond donors (Lipinski definition) is 0. The fraction of sp³-hybridized carbons (Fsp3) is 0.167. The Labute approximate surface area is 149 Å². The molecule has 1 atom stereocenters. The second kappa shape index (κ2) is 6.59. The molecule has 25 heavy (non-hydrogen) atoms. The van der Waals surface area contributed by atoms with Crippen LogP contribution in [-0.2, 0) is 16.8 Å². The van der Waals surface area contributed by atoms with Gasteiger partial charge in [-0.15, -0.1) is 0 Å². The van der Waals surface area contributed by atoms with E-state index >= 15 is 0 Å². The summed E-state index contributed by atoms with van der Waals surface area (Å²) >= 11 is 0. The number of rotatable bonds is 1. The first-order valence-electron chi connectivity index (χ1n) is 8.66. The van der Waals surface area contributed by atoms with Gasteiger partial charge in [-0.2, -0.15) is 0 Å². The largest absolute Gasteiger partial charge is 0.353 e. The van der Waals surface area contributed by atoms with Crippen LogP contribution in [0.1, 0.15) is 27.8 Å². The molecule has 122 valence electrons. The molecule has 0 aromatic heterocycles. The summed E-state index contributed by atoms with van der Waals surface area (Å²) in [6.07, 6.45) is 0.927. The average Bonchev–Trinajstić information content (AvgIpc) is 2.67. The topological polar surface area (TPSA) is 9.23 Å². The lowest BCUT2D eigenvalue weighted by Crippen LogP contribution is -2.35. The summed E-state index contributed by atoms with van der Waals surface area (Å²) < 4.78 is 6.38. The van der Waals surface area contributed by atoms with Crippen molar-refractivity contribution in [3.8, 4) is 11.8 Å². The van der Waals surface area contributed by atoms with Crippen LogP contribution in [0.3, 0.4) is 0 Å². The third kappa shape index (κ3) is 2.97. The van der Waals surface area contributed by atoms with Crippen molar-refractivity contribution in [2.24, 2.45) is 0 Å². The molecular weight excluding hydrogens is 304 g/mol. The Hall–Kier alpha value is -2.82. The summed E-state index contributed by atoms with van der Waals surface area (Å²) in [5.41, 5.74) is 5.08. The molecule has 0 saturated heterocycles. The SMILES string of the molecule is Cc1cccc([C@]2(C#Cc3ccccc3)OCCc3ccccc32)c1. The molecule has 0 unspecified atom stereocenters. The van der Waals surface area contributed by atoms with Crippen molar-refractivity contribution in [3.05, 3.63) is 107 Å². The highest BCUT2D eigenvalue weighted by molar-refractivity contribution is 5.52. The van der Waals surface area contributed by atoms with Gasteiger partial charge in [-0.05, 0) is 31.0 Å². The van der Waals surface area contributed by atoms with Gasteiger partial charge in [-0.1, -0.05) is 84.1 Å². The highest BCUT2D eigenvalue weighted by atomic mass is 16.5. The molecule has 1 heteroatoms. The van der Waals surface area contributed by atoms with Crippen LogP contribution in [0.5, 0.6) is 0 Å². The van der Waals surface area contributed by atoms with Gasteiger partial charge in [0.15, 0.2) is 5.60 Å². The zero-order valence-corrected chi connectivity index (χ0v) is 14.3. The predicted molar refractivity (Wildman–Crippen MR) is 101 cm³/mol. The van der Waals surface area contributed by atoms with Gasteiger partial charge < -0.3 is 4.74 Å². The number of fused-ring (bicyclic) bond motifs is 1. The van der Waals surface area contributed by atoms with Gasteiger partial charge >= 0.3 is 0 Å². The molecule has 1 aliphatic heterocycles. The fourth-order valence-corrected chi connectivity index (χ4v) is 3.43. The van der Waals surface area contributed by atoms with Crippen LogP contribution in [0, 0.1) is 18.8 Å². The molecule has 0 N–H and O–H groups in total. The van der Waals surface area contributed by atoms with Crippen LogP contribution >= 0.6 is 0 Å². The Bertz CT molecular complexity index is 946. The lowest BCUT2D eigenvalue weighted by Gasteiger charge is -2.35. The van der Waals surface area contributed by atoms with Gasteiger partial charge in [0.25, 0.3) is 0 Å². The van der Waals surface area contributed by atoms with Gasteiger partial charge in [-0.3, -0.25) is 0 Å². The van der Waals surface area contributed by atoms with Crippen molar-refractivity contribution in [1.29, 1.82) is 0 Å². The molecule has 0 bridgehead atoms. The quantitative estimate of drug-likeness (QED) is 0.581. The predicted octanol–water partition coefficient (Wildman–Crippen LogP) is 4.86. The van der Waals surface area contributed by atoms with E-state index in [0.29, 0.717) is 6.61 Å². The van der Waals surface area contributed by atoms with E-state index in [9.17, 15) is 0 Å². The third-order valence-electron chi connectivity index (χ3n) is 4.67. The van der Waals surface area contributed by atoms with E-state index in [-0.39, 0.29) is 0 Å². The average molecular weight is 324 g/mol. The van der Waals surface area contributed by atoms with E-state index in [1.54, 1.807) is 0 Å². The van der Waals surface area contributed by atoms with E-state index in [4.69, 9.17) is 4.74 Å². The Morgan fingerprint density at radius 2 is 1.68 bits per heavy atom. The molecule has 0 amide bonds. The number of hydrogen-bond acceptors (Lipinski definition) is 1. The highest BCUT2D eigenvalue weighted by Crippen LogP contribution is 2.39. The third-order valence-corrected chi connectivity index (χ3v) is 4.67. The minimum Gasteiger partial charge on any atom is -0.353 e. The van der Waals surface area contributed by atoms with Crippen molar-refractivity contribution in [2.45, 2.75) is 18.9 Å². The molecule has 0 aliphatic carbocycles. The molecule has 4 rings (SSSR count). The highest BCUT2D eigenvalue weighted by Gasteiger charge is 2.38. The smallest absolute Gasteiger partial charge is 0.180 e.